The number of aliphatic imine (C=N–C) groups is 1. The van der Waals surface area contributed by atoms with Crippen LogP contribution in [0.2, 0.25) is 0 Å². The molecule has 1 spiro atoms. The smallest absolute Gasteiger partial charge is 0.257 e. The molecule has 2 fully saturated rings. The molecule has 180 valence electrons. The minimum absolute atomic E-state index is 0.192. The summed E-state index contributed by atoms with van der Waals surface area (Å²) in [6, 6.07) is 11.6. The summed E-state index contributed by atoms with van der Waals surface area (Å²) in [5.41, 5.74) is 2.07. The van der Waals surface area contributed by atoms with Crippen molar-refractivity contribution in [3.8, 4) is 0 Å². The molecule has 1 aromatic carbocycles. The second kappa shape index (κ2) is 9.79. The number of amides is 1. The molecule has 0 bridgehead atoms. The maximum absolute atomic E-state index is 13.0. The normalized spacial score (nSPS) is 17.3. The number of fused-ring (bicyclic) bond motifs is 1. The molecule has 1 amide bonds. The number of hydrogen-bond acceptors (Lipinski definition) is 7. The van der Waals surface area contributed by atoms with Gasteiger partial charge in [-0.15, -0.1) is 0 Å². The molecule has 2 saturated heterocycles. The Morgan fingerprint density at radius 3 is 2.63 bits per heavy atom. The third-order valence-electron chi connectivity index (χ3n) is 7.03. The van der Waals surface area contributed by atoms with Gasteiger partial charge in [-0.2, -0.15) is 0 Å². The number of rotatable bonds is 5. The minimum Gasteiger partial charge on any atom is -0.357 e. The van der Waals surface area contributed by atoms with Crippen molar-refractivity contribution in [1.82, 2.24) is 15.3 Å². The lowest BCUT2D eigenvalue weighted by molar-refractivity contribution is 0.102. The Bertz CT molecular complexity index is 1310. The lowest BCUT2D eigenvalue weighted by atomic mass is 9.73. The number of thioether (sulfide) groups is 1. The van der Waals surface area contributed by atoms with Crippen LogP contribution in [0.3, 0.4) is 0 Å². The van der Waals surface area contributed by atoms with E-state index in [0.29, 0.717) is 16.8 Å². The van der Waals surface area contributed by atoms with E-state index in [2.05, 4.69) is 43.1 Å². The van der Waals surface area contributed by atoms with E-state index in [9.17, 15) is 4.79 Å². The van der Waals surface area contributed by atoms with Crippen molar-refractivity contribution in [2.45, 2.75) is 19.8 Å². The first-order valence-corrected chi connectivity index (χ1v) is 12.7. The summed E-state index contributed by atoms with van der Waals surface area (Å²) >= 11 is 1.55. The molecule has 7 nitrogen and oxygen atoms in total. The molecule has 5 rings (SSSR count). The highest BCUT2D eigenvalue weighted by atomic mass is 32.2. The molecular formula is C27H30N6OS. The van der Waals surface area contributed by atoms with Gasteiger partial charge in [-0.1, -0.05) is 30.5 Å². The standard InChI is InChI=1S/C27H30N6OS/c1-18(35-19(2)28-3)20-4-5-22-15-31-24(13-23(22)12-20)32-26(34)21-6-9-30-25(14-21)33-10-7-27(8-11-33)16-29-17-27/h4-6,9,12-15,29H,1,7-8,10-11,16-17H2,2-3H3,(H,31,32,34)/b28-19-. The van der Waals surface area contributed by atoms with E-state index in [-0.39, 0.29) is 5.91 Å². The molecule has 3 aromatic rings. The van der Waals surface area contributed by atoms with Gasteiger partial charge >= 0.3 is 0 Å². The van der Waals surface area contributed by atoms with Crippen LogP contribution in [-0.2, 0) is 0 Å². The molecule has 2 N–H and O–H groups in total. The number of nitrogens with zero attached hydrogens (tertiary/aromatic N) is 4. The average molecular weight is 487 g/mol. The predicted molar refractivity (Wildman–Crippen MR) is 146 cm³/mol. The zero-order valence-electron chi connectivity index (χ0n) is 20.2. The summed E-state index contributed by atoms with van der Waals surface area (Å²) in [6.45, 7) is 10.3. The van der Waals surface area contributed by atoms with E-state index in [4.69, 9.17) is 0 Å². The molecule has 0 aliphatic carbocycles. The first-order valence-electron chi connectivity index (χ1n) is 11.9. The summed E-state index contributed by atoms with van der Waals surface area (Å²) in [7, 11) is 1.77. The number of nitrogens with one attached hydrogen (secondary N) is 2. The lowest BCUT2D eigenvalue weighted by Crippen LogP contribution is -2.58. The van der Waals surface area contributed by atoms with Crippen LogP contribution in [-0.4, -0.2) is 54.1 Å². The summed E-state index contributed by atoms with van der Waals surface area (Å²) < 4.78 is 0. The van der Waals surface area contributed by atoms with Gasteiger partial charge in [0.2, 0.25) is 0 Å². The quantitative estimate of drug-likeness (QED) is 0.397. The number of anilines is 2. The summed E-state index contributed by atoms with van der Waals surface area (Å²) in [6.07, 6.45) is 5.82. The van der Waals surface area contributed by atoms with Crippen LogP contribution in [0, 0.1) is 5.41 Å². The topological polar surface area (TPSA) is 82.5 Å². The Hall–Kier alpha value is -3.23. The average Bonchev–Trinajstić information content (AvgIpc) is 2.87. The Balaban J connectivity index is 1.29. The Morgan fingerprint density at radius 2 is 1.91 bits per heavy atom. The molecule has 2 aliphatic heterocycles. The van der Waals surface area contributed by atoms with Crippen molar-refractivity contribution in [3.05, 3.63) is 66.5 Å². The number of piperidine rings is 1. The van der Waals surface area contributed by atoms with E-state index in [1.807, 2.05) is 31.2 Å². The van der Waals surface area contributed by atoms with Gasteiger partial charge in [0.05, 0.1) is 5.04 Å². The lowest BCUT2D eigenvalue weighted by Gasteiger charge is -2.48. The zero-order chi connectivity index (χ0) is 24.4. The molecule has 0 atom stereocenters. The van der Waals surface area contributed by atoms with Gasteiger partial charge in [0.25, 0.3) is 5.91 Å². The van der Waals surface area contributed by atoms with E-state index in [1.54, 1.807) is 37.3 Å². The van der Waals surface area contributed by atoms with Crippen LogP contribution in [0.25, 0.3) is 15.7 Å². The fourth-order valence-electron chi connectivity index (χ4n) is 4.63. The Labute approximate surface area is 210 Å². The van der Waals surface area contributed by atoms with Crippen molar-refractivity contribution in [2.24, 2.45) is 10.4 Å². The van der Waals surface area contributed by atoms with E-state index in [1.165, 1.54) is 0 Å². The second-order valence-corrected chi connectivity index (χ2v) is 10.6. The van der Waals surface area contributed by atoms with Gasteiger partial charge < -0.3 is 15.5 Å². The minimum atomic E-state index is -0.192. The van der Waals surface area contributed by atoms with Crippen LogP contribution in [0.1, 0.15) is 35.7 Å². The predicted octanol–water partition coefficient (Wildman–Crippen LogP) is 4.82. The van der Waals surface area contributed by atoms with Crippen molar-refractivity contribution >= 4 is 50.0 Å². The van der Waals surface area contributed by atoms with Gasteiger partial charge in [0, 0.05) is 61.5 Å². The number of carbonyl (C=O) groups excluding carboxylic acids is 1. The third kappa shape index (κ3) is 5.09. The number of carbonyl (C=O) groups is 1. The zero-order valence-corrected chi connectivity index (χ0v) is 21.0. The van der Waals surface area contributed by atoms with E-state index >= 15 is 0 Å². The van der Waals surface area contributed by atoms with Crippen molar-refractivity contribution < 1.29 is 4.79 Å². The van der Waals surface area contributed by atoms with Gasteiger partial charge in [0.1, 0.15) is 11.6 Å². The van der Waals surface area contributed by atoms with Crippen LogP contribution < -0.4 is 15.5 Å². The highest BCUT2D eigenvalue weighted by Gasteiger charge is 2.39. The third-order valence-corrected chi connectivity index (χ3v) is 7.99. The molecule has 35 heavy (non-hydrogen) atoms. The van der Waals surface area contributed by atoms with Crippen LogP contribution in [0.5, 0.6) is 0 Å². The van der Waals surface area contributed by atoms with Crippen molar-refractivity contribution in [1.29, 1.82) is 0 Å². The molecule has 2 aromatic heterocycles. The summed E-state index contributed by atoms with van der Waals surface area (Å²) in [5, 5.41) is 9.30. The maximum atomic E-state index is 13.0. The molecule has 4 heterocycles. The molecule has 2 aliphatic rings. The molecule has 0 saturated carbocycles. The van der Waals surface area contributed by atoms with Gasteiger partial charge in [-0.25, -0.2) is 9.97 Å². The van der Waals surface area contributed by atoms with E-state index in [0.717, 1.165) is 71.1 Å². The fraction of sp³-hybridized carbons (Fsp3) is 0.333. The molecule has 0 unspecified atom stereocenters. The van der Waals surface area contributed by atoms with Gasteiger partial charge in [-0.05, 0) is 60.4 Å². The fourth-order valence-corrected chi connectivity index (χ4v) is 5.32. The highest BCUT2D eigenvalue weighted by Crippen LogP contribution is 2.36. The van der Waals surface area contributed by atoms with Crippen molar-refractivity contribution in [3.63, 3.8) is 0 Å². The van der Waals surface area contributed by atoms with Crippen LogP contribution in [0.15, 0.2) is 60.4 Å². The van der Waals surface area contributed by atoms with Crippen molar-refractivity contribution in [2.75, 3.05) is 43.4 Å². The Kier molecular flexibility index (Phi) is 6.58. The number of aromatic nitrogens is 2. The second-order valence-electron chi connectivity index (χ2n) is 9.35. The monoisotopic (exact) mass is 486 g/mol. The van der Waals surface area contributed by atoms with Gasteiger partial charge in [0.15, 0.2) is 0 Å². The number of benzene rings is 1. The Morgan fingerprint density at radius 1 is 1.11 bits per heavy atom. The molecule has 8 heteroatoms. The highest BCUT2D eigenvalue weighted by molar-refractivity contribution is 8.21. The maximum Gasteiger partial charge on any atom is 0.257 e. The van der Waals surface area contributed by atoms with Crippen LogP contribution >= 0.6 is 11.8 Å². The van der Waals surface area contributed by atoms with E-state index < -0.39 is 0 Å². The first-order chi connectivity index (χ1) is 16.9. The summed E-state index contributed by atoms with van der Waals surface area (Å²) in [4.78, 5) is 29.4. The molecule has 0 radical (unpaired) electrons. The summed E-state index contributed by atoms with van der Waals surface area (Å²) in [5.74, 6) is 1.18. The first kappa shape index (κ1) is 23.5. The number of hydrogen-bond donors (Lipinski definition) is 2. The van der Waals surface area contributed by atoms with Gasteiger partial charge in [-0.3, -0.25) is 9.79 Å². The SMILES string of the molecule is C=C(S/C(C)=N\C)c1ccc2cnc(NC(=O)c3ccnc(N4CCC5(CC4)CNC5)c3)cc2c1. The van der Waals surface area contributed by atoms with Crippen LogP contribution in [0.4, 0.5) is 11.6 Å². The largest absolute Gasteiger partial charge is 0.357 e. The number of pyridine rings is 2. The molecular weight excluding hydrogens is 456 g/mol.